The molecule has 3 aromatic carbocycles. The second-order valence-corrected chi connectivity index (χ2v) is 5.71. The second-order valence-electron chi connectivity index (χ2n) is 5.71. The van der Waals surface area contributed by atoms with Crippen molar-refractivity contribution in [2.45, 2.75) is 6.92 Å². The average molecular weight is 286 g/mol. The zero-order valence-electron chi connectivity index (χ0n) is 12.8. The predicted octanol–water partition coefficient (Wildman–Crippen LogP) is 5.55. The Morgan fingerprint density at radius 1 is 0.636 bits per heavy atom. The molecule has 2 nitrogen and oxygen atoms in total. The van der Waals surface area contributed by atoms with Crippen molar-refractivity contribution in [3.63, 3.8) is 0 Å². The first-order valence-corrected chi connectivity index (χ1v) is 7.54. The highest BCUT2D eigenvalue weighted by Gasteiger charge is 2.26. The van der Waals surface area contributed by atoms with Crippen LogP contribution in [0, 0.1) is 6.92 Å². The molecule has 0 spiro atoms. The SMILES string of the molecule is Cc1ccc2c(c1)N(C)c1ccccc1N2c1ccccc1. The van der Waals surface area contributed by atoms with Crippen molar-refractivity contribution < 1.29 is 0 Å². The molecular formula is C20H18N2. The van der Waals surface area contributed by atoms with Crippen molar-refractivity contribution in [1.82, 2.24) is 0 Å². The highest BCUT2D eigenvalue weighted by molar-refractivity contribution is 5.97. The van der Waals surface area contributed by atoms with Crippen molar-refractivity contribution in [3.8, 4) is 0 Å². The molecule has 0 fully saturated rings. The van der Waals surface area contributed by atoms with Crippen LogP contribution in [0.5, 0.6) is 0 Å². The molecule has 0 saturated heterocycles. The Balaban J connectivity index is 2.01. The van der Waals surface area contributed by atoms with Crippen LogP contribution in [0.1, 0.15) is 5.56 Å². The summed E-state index contributed by atoms with van der Waals surface area (Å²) >= 11 is 0. The molecule has 0 bridgehead atoms. The lowest BCUT2D eigenvalue weighted by atomic mass is 10.0. The van der Waals surface area contributed by atoms with Gasteiger partial charge < -0.3 is 9.80 Å². The topological polar surface area (TPSA) is 6.48 Å². The van der Waals surface area contributed by atoms with Gasteiger partial charge in [-0.05, 0) is 48.9 Å². The van der Waals surface area contributed by atoms with E-state index in [0.717, 1.165) is 0 Å². The first kappa shape index (κ1) is 13.0. The summed E-state index contributed by atoms with van der Waals surface area (Å²) in [7, 11) is 2.14. The maximum atomic E-state index is 2.34. The summed E-state index contributed by atoms with van der Waals surface area (Å²) in [6.07, 6.45) is 0. The average Bonchev–Trinajstić information content (AvgIpc) is 2.57. The molecule has 0 unspecified atom stereocenters. The molecule has 1 aliphatic heterocycles. The molecule has 0 atom stereocenters. The molecule has 2 heteroatoms. The molecule has 0 saturated carbocycles. The Morgan fingerprint density at radius 3 is 2.05 bits per heavy atom. The largest absolute Gasteiger partial charge is 0.341 e. The van der Waals surface area contributed by atoms with Gasteiger partial charge in [-0.3, -0.25) is 0 Å². The van der Waals surface area contributed by atoms with Crippen molar-refractivity contribution in [1.29, 1.82) is 0 Å². The van der Waals surface area contributed by atoms with E-state index in [1.54, 1.807) is 0 Å². The van der Waals surface area contributed by atoms with Crippen molar-refractivity contribution in [3.05, 3.63) is 78.4 Å². The molecule has 0 aliphatic carbocycles. The van der Waals surface area contributed by atoms with E-state index in [4.69, 9.17) is 0 Å². The minimum atomic E-state index is 1.19. The summed E-state index contributed by atoms with van der Waals surface area (Å²) in [6, 6.07) is 25.7. The number of para-hydroxylation sites is 3. The van der Waals surface area contributed by atoms with Gasteiger partial charge in [-0.25, -0.2) is 0 Å². The van der Waals surface area contributed by atoms with Crippen molar-refractivity contribution in [2.75, 3.05) is 16.8 Å². The van der Waals surface area contributed by atoms with Gasteiger partial charge in [0.05, 0.1) is 22.7 Å². The fourth-order valence-electron chi connectivity index (χ4n) is 3.14. The van der Waals surface area contributed by atoms with E-state index in [-0.39, 0.29) is 0 Å². The molecule has 22 heavy (non-hydrogen) atoms. The summed E-state index contributed by atoms with van der Waals surface area (Å²) in [5.74, 6) is 0. The highest BCUT2D eigenvalue weighted by atomic mass is 15.3. The first-order chi connectivity index (χ1) is 10.8. The van der Waals surface area contributed by atoms with Crippen LogP contribution < -0.4 is 9.80 Å². The number of anilines is 5. The van der Waals surface area contributed by atoms with Crippen LogP contribution in [-0.2, 0) is 0 Å². The van der Waals surface area contributed by atoms with Crippen LogP contribution in [-0.4, -0.2) is 7.05 Å². The smallest absolute Gasteiger partial charge is 0.0699 e. The van der Waals surface area contributed by atoms with Crippen LogP contribution in [0.25, 0.3) is 0 Å². The quantitative estimate of drug-likeness (QED) is 0.579. The number of hydrogen-bond donors (Lipinski definition) is 0. The monoisotopic (exact) mass is 286 g/mol. The number of nitrogens with zero attached hydrogens (tertiary/aromatic N) is 2. The number of hydrogen-bond acceptors (Lipinski definition) is 2. The van der Waals surface area contributed by atoms with E-state index in [0.29, 0.717) is 0 Å². The number of aryl methyl sites for hydroxylation is 1. The Morgan fingerprint density at radius 2 is 1.27 bits per heavy atom. The van der Waals surface area contributed by atoms with Crippen molar-refractivity contribution >= 4 is 28.4 Å². The van der Waals surface area contributed by atoms with Gasteiger partial charge in [0.2, 0.25) is 0 Å². The molecule has 0 amide bonds. The Hall–Kier alpha value is -2.74. The summed E-state index contributed by atoms with van der Waals surface area (Å²) < 4.78 is 0. The number of fused-ring (bicyclic) bond motifs is 2. The molecule has 108 valence electrons. The summed E-state index contributed by atoms with van der Waals surface area (Å²) in [5.41, 5.74) is 7.36. The van der Waals surface area contributed by atoms with Crippen LogP contribution in [0.2, 0.25) is 0 Å². The standard InChI is InChI=1S/C20H18N2/c1-15-12-13-19-20(14-15)21(2)17-10-6-7-11-18(17)22(19)16-8-4-3-5-9-16/h3-14H,1-2H3. The van der Waals surface area contributed by atoms with E-state index >= 15 is 0 Å². The maximum absolute atomic E-state index is 2.34. The minimum absolute atomic E-state index is 1.19. The zero-order valence-corrected chi connectivity index (χ0v) is 12.8. The lowest BCUT2D eigenvalue weighted by Gasteiger charge is -2.38. The van der Waals surface area contributed by atoms with Gasteiger partial charge in [0.1, 0.15) is 0 Å². The van der Waals surface area contributed by atoms with Gasteiger partial charge >= 0.3 is 0 Å². The Bertz CT molecular complexity index is 824. The van der Waals surface area contributed by atoms with Gasteiger partial charge in [-0.1, -0.05) is 36.4 Å². The number of benzene rings is 3. The third-order valence-electron chi connectivity index (χ3n) is 4.23. The van der Waals surface area contributed by atoms with Gasteiger partial charge in [0.25, 0.3) is 0 Å². The molecule has 1 heterocycles. The molecule has 0 radical (unpaired) electrons. The normalized spacial score (nSPS) is 12.8. The van der Waals surface area contributed by atoms with E-state index in [1.165, 1.54) is 34.0 Å². The van der Waals surface area contributed by atoms with E-state index in [9.17, 15) is 0 Å². The summed E-state index contributed by atoms with van der Waals surface area (Å²) in [6.45, 7) is 2.14. The van der Waals surface area contributed by atoms with Gasteiger partial charge in [0, 0.05) is 12.7 Å². The van der Waals surface area contributed by atoms with Crippen LogP contribution in [0.15, 0.2) is 72.8 Å². The highest BCUT2D eigenvalue weighted by Crippen LogP contribution is 2.50. The fraction of sp³-hybridized carbons (Fsp3) is 0.100. The minimum Gasteiger partial charge on any atom is -0.341 e. The Kier molecular flexibility index (Phi) is 2.90. The van der Waals surface area contributed by atoms with Crippen molar-refractivity contribution in [2.24, 2.45) is 0 Å². The van der Waals surface area contributed by atoms with E-state index < -0.39 is 0 Å². The van der Waals surface area contributed by atoms with Crippen LogP contribution in [0.4, 0.5) is 28.4 Å². The zero-order chi connectivity index (χ0) is 15.1. The lowest BCUT2D eigenvalue weighted by molar-refractivity contribution is 1.12. The molecule has 0 aromatic heterocycles. The second kappa shape index (κ2) is 4.92. The Labute approximate surface area is 131 Å². The first-order valence-electron chi connectivity index (χ1n) is 7.54. The molecular weight excluding hydrogens is 268 g/mol. The van der Waals surface area contributed by atoms with Crippen LogP contribution >= 0.6 is 0 Å². The third kappa shape index (κ3) is 1.88. The molecule has 0 N–H and O–H groups in total. The molecule has 4 rings (SSSR count). The number of rotatable bonds is 1. The van der Waals surface area contributed by atoms with Gasteiger partial charge in [0.15, 0.2) is 0 Å². The van der Waals surface area contributed by atoms with Gasteiger partial charge in [-0.2, -0.15) is 0 Å². The van der Waals surface area contributed by atoms with E-state index in [2.05, 4.69) is 96.6 Å². The maximum Gasteiger partial charge on any atom is 0.0699 e. The fourth-order valence-corrected chi connectivity index (χ4v) is 3.14. The third-order valence-corrected chi connectivity index (χ3v) is 4.23. The summed E-state index contributed by atoms with van der Waals surface area (Å²) in [4.78, 5) is 4.61. The molecule has 3 aromatic rings. The lowest BCUT2D eigenvalue weighted by Crippen LogP contribution is -2.24. The summed E-state index contributed by atoms with van der Waals surface area (Å²) in [5, 5.41) is 0. The predicted molar refractivity (Wildman–Crippen MR) is 93.9 cm³/mol. The van der Waals surface area contributed by atoms with Gasteiger partial charge in [-0.15, -0.1) is 0 Å². The van der Waals surface area contributed by atoms with Crippen LogP contribution in [0.3, 0.4) is 0 Å². The van der Waals surface area contributed by atoms with E-state index in [1.807, 2.05) is 0 Å². The molecule has 1 aliphatic rings.